The predicted octanol–water partition coefficient (Wildman–Crippen LogP) is 2.11. The minimum absolute atomic E-state index is 0.138. The zero-order chi connectivity index (χ0) is 19.8. The van der Waals surface area contributed by atoms with Crippen LogP contribution < -0.4 is 0 Å². The lowest BCUT2D eigenvalue weighted by Gasteiger charge is -2.40. The van der Waals surface area contributed by atoms with Gasteiger partial charge in [-0.1, -0.05) is 23.2 Å². The summed E-state index contributed by atoms with van der Waals surface area (Å²) in [5.41, 5.74) is 0.441. The van der Waals surface area contributed by atoms with E-state index in [9.17, 15) is 13.2 Å². The second-order valence-electron chi connectivity index (χ2n) is 6.90. The molecule has 10 heteroatoms. The quantitative estimate of drug-likeness (QED) is 0.728. The van der Waals surface area contributed by atoms with Crippen molar-refractivity contribution in [2.75, 3.05) is 39.3 Å². The Morgan fingerprint density at radius 1 is 1.00 bits per heavy atom. The molecule has 2 saturated heterocycles. The van der Waals surface area contributed by atoms with Gasteiger partial charge in [0.25, 0.3) is 16.1 Å². The van der Waals surface area contributed by atoms with E-state index in [2.05, 4.69) is 0 Å². The molecule has 2 aliphatic rings. The van der Waals surface area contributed by atoms with Gasteiger partial charge in [0.2, 0.25) is 0 Å². The van der Waals surface area contributed by atoms with Gasteiger partial charge in [0, 0.05) is 44.8 Å². The van der Waals surface area contributed by atoms with E-state index in [4.69, 9.17) is 27.9 Å². The molecule has 0 N–H and O–H groups in total. The van der Waals surface area contributed by atoms with Crippen molar-refractivity contribution in [1.29, 1.82) is 0 Å². The normalized spacial score (nSPS) is 25.6. The Balaban J connectivity index is 1.64. The SMILES string of the molecule is CC1CN(S(=O)(=O)N2CCN(C(=O)c3ccc(Cl)c(Cl)c3)CC2)CC(C)O1. The van der Waals surface area contributed by atoms with Crippen LogP contribution in [0.2, 0.25) is 10.0 Å². The van der Waals surface area contributed by atoms with E-state index in [1.165, 1.54) is 14.7 Å². The van der Waals surface area contributed by atoms with E-state index < -0.39 is 10.2 Å². The molecule has 27 heavy (non-hydrogen) atoms. The van der Waals surface area contributed by atoms with Crippen LogP contribution in [0.5, 0.6) is 0 Å². The molecule has 0 bridgehead atoms. The zero-order valence-electron chi connectivity index (χ0n) is 15.3. The molecular formula is C17H23Cl2N3O4S. The maximum Gasteiger partial charge on any atom is 0.282 e. The Kier molecular flexibility index (Phi) is 6.34. The molecule has 150 valence electrons. The highest BCUT2D eigenvalue weighted by atomic mass is 35.5. The van der Waals surface area contributed by atoms with Crippen molar-refractivity contribution < 1.29 is 17.9 Å². The van der Waals surface area contributed by atoms with E-state index in [0.29, 0.717) is 41.8 Å². The summed E-state index contributed by atoms with van der Waals surface area (Å²) >= 11 is 11.9. The standard InChI is InChI=1S/C17H23Cl2N3O4S/c1-12-10-22(11-13(2)26-12)27(24,25)21-7-5-20(6-8-21)17(23)14-3-4-15(18)16(19)9-14/h3-4,9,12-13H,5-8,10-11H2,1-2H3. The number of piperazine rings is 1. The fourth-order valence-corrected chi connectivity index (χ4v) is 5.46. The smallest absolute Gasteiger partial charge is 0.282 e. The van der Waals surface area contributed by atoms with Crippen molar-refractivity contribution >= 4 is 39.3 Å². The van der Waals surface area contributed by atoms with E-state index in [-0.39, 0.29) is 31.2 Å². The minimum atomic E-state index is -3.57. The molecule has 2 unspecified atom stereocenters. The summed E-state index contributed by atoms with van der Waals surface area (Å²) in [6.07, 6.45) is -0.276. The summed E-state index contributed by atoms with van der Waals surface area (Å²) in [7, 11) is -3.57. The average Bonchev–Trinajstić information content (AvgIpc) is 2.62. The van der Waals surface area contributed by atoms with Crippen LogP contribution in [0.1, 0.15) is 24.2 Å². The van der Waals surface area contributed by atoms with Crippen LogP contribution in [0.3, 0.4) is 0 Å². The molecule has 2 heterocycles. The molecule has 1 aromatic carbocycles. The maximum atomic E-state index is 12.9. The topological polar surface area (TPSA) is 70.2 Å². The number of halogens is 2. The third-order valence-corrected chi connectivity index (χ3v) is 7.44. The van der Waals surface area contributed by atoms with Crippen molar-refractivity contribution in [2.45, 2.75) is 26.1 Å². The lowest BCUT2D eigenvalue weighted by molar-refractivity contribution is -0.0457. The van der Waals surface area contributed by atoms with Gasteiger partial charge in [-0.05, 0) is 32.0 Å². The number of carbonyl (C=O) groups is 1. The summed E-state index contributed by atoms with van der Waals surface area (Å²) in [6, 6.07) is 4.74. The van der Waals surface area contributed by atoms with Crippen LogP contribution in [-0.4, -0.2) is 79.3 Å². The lowest BCUT2D eigenvalue weighted by Crippen LogP contribution is -2.57. The summed E-state index contributed by atoms with van der Waals surface area (Å²) < 4.78 is 34.4. The molecule has 0 saturated carbocycles. The highest BCUT2D eigenvalue weighted by Gasteiger charge is 2.37. The number of nitrogens with zero attached hydrogens (tertiary/aromatic N) is 3. The highest BCUT2D eigenvalue weighted by molar-refractivity contribution is 7.86. The first-order valence-electron chi connectivity index (χ1n) is 8.83. The Morgan fingerprint density at radius 2 is 1.59 bits per heavy atom. The second kappa shape index (κ2) is 8.23. The van der Waals surface area contributed by atoms with Gasteiger partial charge in [-0.3, -0.25) is 4.79 Å². The minimum Gasteiger partial charge on any atom is -0.373 e. The first-order valence-corrected chi connectivity index (χ1v) is 11.0. The van der Waals surface area contributed by atoms with Gasteiger partial charge < -0.3 is 9.64 Å². The largest absolute Gasteiger partial charge is 0.373 e. The number of carbonyl (C=O) groups excluding carboxylic acids is 1. The Labute approximate surface area is 169 Å². The Morgan fingerprint density at radius 3 is 2.15 bits per heavy atom. The number of rotatable bonds is 3. The van der Waals surface area contributed by atoms with E-state index in [0.717, 1.165) is 0 Å². The van der Waals surface area contributed by atoms with Gasteiger partial charge in [-0.25, -0.2) is 0 Å². The van der Waals surface area contributed by atoms with Crippen molar-refractivity contribution in [3.8, 4) is 0 Å². The zero-order valence-corrected chi connectivity index (χ0v) is 17.6. The number of hydrogen-bond acceptors (Lipinski definition) is 4. The predicted molar refractivity (Wildman–Crippen MR) is 104 cm³/mol. The number of hydrogen-bond donors (Lipinski definition) is 0. The fraction of sp³-hybridized carbons (Fsp3) is 0.588. The van der Waals surface area contributed by atoms with Crippen molar-refractivity contribution in [3.63, 3.8) is 0 Å². The van der Waals surface area contributed by atoms with E-state index >= 15 is 0 Å². The van der Waals surface area contributed by atoms with Gasteiger partial charge >= 0.3 is 0 Å². The maximum absolute atomic E-state index is 12.9. The average molecular weight is 436 g/mol. The van der Waals surface area contributed by atoms with Gasteiger partial charge in [-0.2, -0.15) is 17.0 Å². The molecule has 7 nitrogen and oxygen atoms in total. The molecule has 0 aliphatic carbocycles. The molecule has 2 atom stereocenters. The van der Waals surface area contributed by atoms with Crippen molar-refractivity contribution in [3.05, 3.63) is 33.8 Å². The first-order chi connectivity index (χ1) is 12.7. The molecule has 3 rings (SSSR count). The molecular weight excluding hydrogens is 413 g/mol. The highest BCUT2D eigenvalue weighted by Crippen LogP contribution is 2.24. The van der Waals surface area contributed by atoms with Gasteiger partial charge in [0.05, 0.1) is 22.3 Å². The van der Waals surface area contributed by atoms with Gasteiger partial charge in [0.15, 0.2) is 0 Å². The number of morpholine rings is 1. The third-order valence-electron chi connectivity index (χ3n) is 4.73. The van der Waals surface area contributed by atoms with Crippen LogP contribution in [0.15, 0.2) is 18.2 Å². The van der Waals surface area contributed by atoms with Crippen LogP contribution >= 0.6 is 23.2 Å². The van der Waals surface area contributed by atoms with Crippen LogP contribution in [-0.2, 0) is 14.9 Å². The van der Waals surface area contributed by atoms with Crippen LogP contribution in [0.25, 0.3) is 0 Å². The molecule has 2 aliphatic heterocycles. The van der Waals surface area contributed by atoms with Crippen LogP contribution in [0, 0.1) is 0 Å². The lowest BCUT2D eigenvalue weighted by atomic mass is 10.2. The third kappa shape index (κ3) is 4.58. The molecule has 0 aromatic heterocycles. The summed E-state index contributed by atoms with van der Waals surface area (Å²) in [5.74, 6) is -0.181. The first kappa shape index (κ1) is 20.8. The van der Waals surface area contributed by atoms with E-state index in [1.54, 1.807) is 17.0 Å². The van der Waals surface area contributed by atoms with Gasteiger partial charge in [0.1, 0.15) is 0 Å². The monoisotopic (exact) mass is 435 g/mol. The summed E-state index contributed by atoms with van der Waals surface area (Å²) in [5, 5.41) is 0.706. The Bertz CT molecular complexity index is 802. The van der Waals surface area contributed by atoms with Gasteiger partial charge in [-0.15, -0.1) is 0 Å². The molecule has 0 radical (unpaired) electrons. The van der Waals surface area contributed by atoms with E-state index in [1.807, 2.05) is 13.8 Å². The summed E-state index contributed by atoms with van der Waals surface area (Å²) in [4.78, 5) is 14.3. The van der Waals surface area contributed by atoms with Crippen LogP contribution in [0.4, 0.5) is 0 Å². The summed E-state index contributed by atoms with van der Waals surface area (Å²) in [6.45, 7) is 5.59. The number of ether oxygens (including phenoxy) is 1. The molecule has 2 fully saturated rings. The van der Waals surface area contributed by atoms with Crippen molar-refractivity contribution in [2.24, 2.45) is 0 Å². The second-order valence-corrected chi connectivity index (χ2v) is 9.65. The molecule has 1 amide bonds. The number of benzene rings is 1. The molecule has 0 spiro atoms. The number of amides is 1. The molecule has 1 aromatic rings. The van der Waals surface area contributed by atoms with Crippen molar-refractivity contribution in [1.82, 2.24) is 13.5 Å². The Hall–Kier alpha value is -0.900. The fourth-order valence-electron chi connectivity index (χ4n) is 3.42.